The van der Waals surface area contributed by atoms with Crippen molar-refractivity contribution in [2.75, 3.05) is 13.4 Å². The van der Waals surface area contributed by atoms with E-state index in [2.05, 4.69) is 71.8 Å². The number of hydrogen-bond acceptors (Lipinski definition) is 8. The van der Waals surface area contributed by atoms with Crippen LogP contribution in [0.15, 0.2) is 115 Å². The Hall–Kier alpha value is -4.37. The van der Waals surface area contributed by atoms with Gasteiger partial charge < -0.3 is 4.74 Å². The van der Waals surface area contributed by atoms with E-state index in [4.69, 9.17) is 4.74 Å². The lowest BCUT2D eigenvalue weighted by Gasteiger charge is -2.33. The van der Waals surface area contributed by atoms with Gasteiger partial charge in [-0.25, -0.2) is 9.36 Å². The van der Waals surface area contributed by atoms with Gasteiger partial charge in [0.15, 0.2) is 0 Å². The molecule has 1 aliphatic rings. The number of hydrogen-bond donors (Lipinski definition) is 1. The van der Waals surface area contributed by atoms with E-state index in [0.29, 0.717) is 37.4 Å². The van der Waals surface area contributed by atoms with Gasteiger partial charge in [0.1, 0.15) is 11.4 Å². The molecule has 1 aliphatic heterocycles. The third-order valence-electron chi connectivity index (χ3n) is 6.95. The van der Waals surface area contributed by atoms with Crippen molar-refractivity contribution in [1.82, 2.24) is 45.5 Å². The van der Waals surface area contributed by atoms with Gasteiger partial charge in [-0.1, -0.05) is 101 Å². The van der Waals surface area contributed by atoms with Crippen LogP contribution >= 0.6 is 9.24 Å². The molecular formula is C30H32N9OP. The van der Waals surface area contributed by atoms with Gasteiger partial charge in [-0.3, -0.25) is 10.0 Å². The van der Waals surface area contributed by atoms with Crippen LogP contribution in [0.2, 0.25) is 0 Å². The summed E-state index contributed by atoms with van der Waals surface area (Å²) in [6.45, 7) is 1.82. The Morgan fingerprint density at radius 3 is 1.63 bits per heavy atom. The molecule has 10 nitrogen and oxygen atoms in total. The molecule has 0 radical (unpaired) electrons. The first kappa shape index (κ1) is 26.8. The van der Waals surface area contributed by atoms with Crippen molar-refractivity contribution < 1.29 is 4.74 Å². The quantitative estimate of drug-likeness (QED) is 0.242. The summed E-state index contributed by atoms with van der Waals surface area (Å²) in [4.78, 5) is 0. The summed E-state index contributed by atoms with van der Waals surface area (Å²) in [5.41, 5.74) is 7.72. The van der Waals surface area contributed by atoms with Crippen LogP contribution in [0.5, 0.6) is 0 Å². The van der Waals surface area contributed by atoms with E-state index in [1.807, 2.05) is 99.6 Å². The summed E-state index contributed by atoms with van der Waals surface area (Å²) in [6, 6.07) is 30.7. The Kier molecular flexibility index (Phi) is 7.86. The summed E-state index contributed by atoms with van der Waals surface area (Å²) in [6.07, 6.45) is 6.23. The molecule has 6 rings (SSSR count). The number of ether oxygens (including phenoxy) is 1. The second-order valence-electron chi connectivity index (χ2n) is 9.85. The molecule has 1 N–H and O–H groups in total. The number of nitrogens with one attached hydrogen (secondary N) is 1. The van der Waals surface area contributed by atoms with Gasteiger partial charge >= 0.3 is 0 Å². The molecule has 2 aromatic heterocycles. The standard InChI is InChI=1S/C30H32N9OP/c1-36-29(22-39(35-36)19-26-15-9-4-10-16-26)30(40-23-41,27-20-37(33-31-27)17-24-11-5-2-6-12-24)28-21-38(34-32-28)18-25-13-7-3-8-14-25/h2-16,20-22,35H,17-19,23,41H2,1H3. The molecule has 0 aliphatic carbocycles. The average Bonchev–Trinajstić information content (AvgIpc) is 3.75. The van der Waals surface area contributed by atoms with Gasteiger partial charge in [-0.2, -0.15) is 0 Å². The van der Waals surface area contributed by atoms with Crippen LogP contribution in [-0.2, 0) is 30.0 Å². The molecule has 3 heterocycles. The molecule has 41 heavy (non-hydrogen) atoms. The van der Waals surface area contributed by atoms with Gasteiger partial charge in [0.25, 0.3) is 0 Å². The lowest BCUT2D eigenvalue weighted by atomic mass is 9.92. The van der Waals surface area contributed by atoms with E-state index < -0.39 is 5.60 Å². The number of aromatic nitrogens is 6. The summed E-state index contributed by atoms with van der Waals surface area (Å²) < 4.78 is 10.3. The number of rotatable bonds is 11. The maximum absolute atomic E-state index is 6.64. The summed E-state index contributed by atoms with van der Waals surface area (Å²) in [5, 5.41) is 22.2. The fourth-order valence-electron chi connectivity index (χ4n) is 5.05. The predicted octanol–water partition coefficient (Wildman–Crippen LogP) is 3.77. The Labute approximate surface area is 241 Å². The molecule has 0 saturated carbocycles. The molecule has 208 valence electrons. The van der Waals surface area contributed by atoms with Gasteiger partial charge in [0, 0.05) is 13.2 Å². The minimum Gasteiger partial charge on any atom is -0.352 e. The number of nitrogens with zero attached hydrogens (tertiary/aromatic N) is 8. The average molecular weight is 566 g/mol. The van der Waals surface area contributed by atoms with Gasteiger partial charge in [0.2, 0.25) is 5.60 Å². The minimum atomic E-state index is -1.18. The first-order valence-electron chi connectivity index (χ1n) is 13.4. The molecule has 0 amide bonds. The second kappa shape index (κ2) is 12.0. The molecule has 1 atom stereocenters. The zero-order valence-electron chi connectivity index (χ0n) is 22.8. The van der Waals surface area contributed by atoms with Gasteiger partial charge in [-0.15, -0.1) is 25.0 Å². The van der Waals surface area contributed by atoms with E-state index in [9.17, 15) is 0 Å². The van der Waals surface area contributed by atoms with Crippen molar-refractivity contribution in [1.29, 1.82) is 0 Å². The van der Waals surface area contributed by atoms with Crippen molar-refractivity contribution in [3.8, 4) is 0 Å². The largest absolute Gasteiger partial charge is 0.352 e. The smallest absolute Gasteiger partial charge is 0.201 e. The van der Waals surface area contributed by atoms with Crippen molar-refractivity contribution in [3.63, 3.8) is 0 Å². The minimum absolute atomic E-state index is 0.334. The van der Waals surface area contributed by atoms with Crippen molar-refractivity contribution in [2.24, 2.45) is 0 Å². The van der Waals surface area contributed by atoms with E-state index in [1.54, 1.807) is 0 Å². The van der Waals surface area contributed by atoms with Crippen LogP contribution < -0.4 is 5.53 Å². The highest BCUT2D eigenvalue weighted by atomic mass is 31.0. The van der Waals surface area contributed by atoms with Crippen molar-refractivity contribution >= 4 is 9.24 Å². The van der Waals surface area contributed by atoms with Crippen LogP contribution in [0, 0.1) is 0 Å². The Morgan fingerprint density at radius 1 is 0.707 bits per heavy atom. The maximum Gasteiger partial charge on any atom is 0.201 e. The number of hydrazine groups is 2. The number of likely N-dealkylation sites (N-methyl/N-ethyl adjacent to an activating group) is 1. The fraction of sp³-hybridized carbons (Fsp3) is 0.200. The van der Waals surface area contributed by atoms with E-state index in [1.165, 1.54) is 5.56 Å². The van der Waals surface area contributed by atoms with Crippen LogP contribution in [0.25, 0.3) is 0 Å². The molecular weight excluding hydrogens is 533 g/mol. The molecule has 5 aromatic rings. The van der Waals surface area contributed by atoms with Gasteiger partial charge in [0.05, 0.1) is 44.1 Å². The zero-order valence-corrected chi connectivity index (χ0v) is 23.9. The normalized spacial score (nSPS) is 13.6. The van der Waals surface area contributed by atoms with Crippen LogP contribution in [0.3, 0.4) is 0 Å². The maximum atomic E-state index is 6.64. The van der Waals surface area contributed by atoms with Crippen LogP contribution in [0.4, 0.5) is 0 Å². The van der Waals surface area contributed by atoms with Gasteiger partial charge in [-0.05, 0) is 16.7 Å². The number of benzene rings is 3. The Morgan fingerprint density at radius 2 is 1.17 bits per heavy atom. The summed E-state index contributed by atoms with van der Waals surface area (Å²) in [5.74, 6) is 0. The molecule has 1 unspecified atom stereocenters. The highest BCUT2D eigenvalue weighted by Crippen LogP contribution is 2.41. The summed E-state index contributed by atoms with van der Waals surface area (Å²) >= 11 is 0. The Balaban J connectivity index is 1.41. The molecule has 0 bridgehead atoms. The van der Waals surface area contributed by atoms with E-state index in [-0.39, 0.29) is 0 Å². The molecule has 11 heteroatoms. The van der Waals surface area contributed by atoms with E-state index in [0.717, 1.165) is 16.8 Å². The highest BCUT2D eigenvalue weighted by Gasteiger charge is 2.49. The molecule has 0 saturated heterocycles. The highest BCUT2D eigenvalue weighted by molar-refractivity contribution is 7.16. The lowest BCUT2D eigenvalue weighted by Crippen LogP contribution is -2.44. The Bertz CT molecular complexity index is 1510. The van der Waals surface area contributed by atoms with Crippen molar-refractivity contribution in [3.05, 3.63) is 143 Å². The zero-order chi connectivity index (χ0) is 28.1. The lowest BCUT2D eigenvalue weighted by molar-refractivity contribution is 0.00700. The third-order valence-corrected chi connectivity index (χ3v) is 7.11. The SMILES string of the molecule is CN1NN(Cc2ccccc2)C=C1C(OCP)(c1cn(Cc2ccccc2)nn1)c1cn(Cc2ccccc2)nn1. The monoisotopic (exact) mass is 565 g/mol. The first-order chi connectivity index (χ1) is 20.1. The molecule has 0 spiro atoms. The summed E-state index contributed by atoms with van der Waals surface area (Å²) in [7, 11) is 4.62. The third kappa shape index (κ3) is 5.76. The first-order valence-corrected chi connectivity index (χ1v) is 14.2. The topological polar surface area (TPSA) is 89.2 Å². The predicted molar refractivity (Wildman–Crippen MR) is 159 cm³/mol. The van der Waals surface area contributed by atoms with Crippen molar-refractivity contribution in [2.45, 2.75) is 25.2 Å². The second-order valence-corrected chi connectivity index (χ2v) is 10.2. The fourth-order valence-corrected chi connectivity index (χ4v) is 5.30. The van der Waals surface area contributed by atoms with E-state index >= 15 is 0 Å². The molecule has 0 fully saturated rings. The molecule has 3 aromatic carbocycles. The van der Waals surface area contributed by atoms with Crippen LogP contribution in [-0.4, -0.2) is 53.4 Å². The van der Waals surface area contributed by atoms with Crippen LogP contribution in [0.1, 0.15) is 28.1 Å².